The normalized spacial score (nSPS) is 22.4. The van der Waals surface area contributed by atoms with Crippen LogP contribution in [0.25, 0.3) is 0 Å². The van der Waals surface area contributed by atoms with Gasteiger partial charge in [0, 0.05) is 0 Å². The second kappa shape index (κ2) is 6.19. The number of carbonyl (C=O) groups is 1. The summed E-state index contributed by atoms with van der Waals surface area (Å²) in [6, 6.07) is 2.78. The molecule has 1 saturated carbocycles. The fraction of sp³-hybridized carbons (Fsp3) is 0.400. The van der Waals surface area contributed by atoms with Gasteiger partial charge in [0.05, 0.1) is 22.2 Å². The first-order chi connectivity index (χ1) is 10.4. The number of carbonyl (C=O) groups excluding carboxylic acids is 1. The van der Waals surface area contributed by atoms with Crippen LogP contribution in [-0.4, -0.2) is 5.91 Å². The second-order valence-electron chi connectivity index (χ2n) is 5.96. The number of hydrogen-bond acceptors (Lipinski definition) is 1. The van der Waals surface area contributed by atoms with Crippen molar-refractivity contribution in [3.63, 3.8) is 0 Å². The molecule has 8 heteroatoms. The highest BCUT2D eigenvalue weighted by Gasteiger charge is 2.60. The predicted octanol–water partition coefficient (Wildman–Crippen LogP) is 5.89. The van der Waals surface area contributed by atoms with E-state index in [-0.39, 0.29) is 26.5 Å². The Morgan fingerprint density at radius 3 is 2.43 bits per heavy atom. The Hall–Kier alpha value is -0.910. The third-order valence-electron chi connectivity index (χ3n) is 4.05. The molecule has 0 saturated heterocycles. The van der Waals surface area contributed by atoms with E-state index >= 15 is 0 Å². The highest BCUT2D eigenvalue weighted by Crippen LogP contribution is 2.60. The van der Waals surface area contributed by atoms with E-state index in [1.807, 2.05) is 13.8 Å². The van der Waals surface area contributed by atoms with Crippen molar-refractivity contribution in [2.24, 2.45) is 17.3 Å². The molecule has 2 nitrogen and oxygen atoms in total. The van der Waals surface area contributed by atoms with Gasteiger partial charge in [-0.15, -0.1) is 0 Å². The quantitative estimate of drug-likeness (QED) is 0.689. The molecule has 0 bridgehead atoms. The molecule has 1 aromatic rings. The van der Waals surface area contributed by atoms with E-state index in [1.54, 1.807) is 6.08 Å². The van der Waals surface area contributed by atoms with E-state index in [9.17, 15) is 18.0 Å². The lowest BCUT2D eigenvalue weighted by Gasteiger charge is -2.12. The van der Waals surface area contributed by atoms with Crippen molar-refractivity contribution in [2.45, 2.75) is 20.0 Å². The Bertz CT molecular complexity index is 666. The van der Waals surface area contributed by atoms with E-state index in [2.05, 4.69) is 5.32 Å². The number of halogens is 6. The Morgan fingerprint density at radius 2 is 1.91 bits per heavy atom. The summed E-state index contributed by atoms with van der Waals surface area (Å²) in [5.74, 6) is -1.05. The van der Waals surface area contributed by atoms with Crippen molar-refractivity contribution in [3.8, 4) is 0 Å². The highest BCUT2D eigenvalue weighted by molar-refractivity contribution is 6.55. The molecule has 1 amide bonds. The van der Waals surface area contributed by atoms with Crippen LogP contribution in [0.4, 0.5) is 18.9 Å². The maximum absolute atomic E-state index is 12.7. The molecule has 0 aromatic heterocycles. The molecule has 2 atom stereocenters. The summed E-state index contributed by atoms with van der Waals surface area (Å²) in [7, 11) is 0. The van der Waals surface area contributed by atoms with Crippen LogP contribution in [0.15, 0.2) is 28.8 Å². The zero-order valence-corrected chi connectivity index (χ0v) is 14.4. The molecule has 0 spiro atoms. The van der Waals surface area contributed by atoms with Crippen molar-refractivity contribution < 1.29 is 18.0 Å². The summed E-state index contributed by atoms with van der Waals surface area (Å²) in [5.41, 5.74) is -1.34. The molecule has 1 aliphatic carbocycles. The largest absolute Gasteiger partial charge is 0.416 e. The summed E-state index contributed by atoms with van der Waals surface area (Å²) < 4.78 is 38.3. The van der Waals surface area contributed by atoms with Gasteiger partial charge in [0.15, 0.2) is 0 Å². The molecule has 1 N–H and O–H groups in total. The Kier molecular flexibility index (Phi) is 4.96. The molecule has 2 rings (SSSR count). The zero-order valence-electron chi connectivity index (χ0n) is 12.1. The van der Waals surface area contributed by atoms with E-state index in [4.69, 9.17) is 34.8 Å². The van der Waals surface area contributed by atoms with Gasteiger partial charge in [-0.2, -0.15) is 13.2 Å². The minimum atomic E-state index is -4.51. The van der Waals surface area contributed by atoms with Crippen LogP contribution in [0.1, 0.15) is 19.4 Å². The molecule has 126 valence electrons. The van der Waals surface area contributed by atoms with Gasteiger partial charge in [-0.1, -0.05) is 48.7 Å². The molecule has 0 heterocycles. The third kappa shape index (κ3) is 3.95. The predicted molar refractivity (Wildman–Crippen MR) is 85.6 cm³/mol. The Labute approximate surface area is 146 Å². The molecular formula is C15H13Cl3F3NO. The number of benzene rings is 1. The number of allylic oxidation sites excluding steroid dienone is 1. The van der Waals surface area contributed by atoms with Gasteiger partial charge in [0.25, 0.3) is 0 Å². The summed E-state index contributed by atoms with van der Waals surface area (Å²) >= 11 is 17.1. The minimum Gasteiger partial charge on any atom is -0.324 e. The van der Waals surface area contributed by atoms with Gasteiger partial charge in [-0.25, -0.2) is 0 Å². The van der Waals surface area contributed by atoms with Crippen molar-refractivity contribution in [1.82, 2.24) is 0 Å². The first-order valence-electron chi connectivity index (χ1n) is 6.65. The molecule has 0 radical (unpaired) electrons. The topological polar surface area (TPSA) is 29.1 Å². The molecular weight excluding hydrogens is 374 g/mol. The maximum atomic E-state index is 12.7. The number of amides is 1. The summed E-state index contributed by atoms with van der Waals surface area (Å²) in [6.45, 7) is 3.70. The van der Waals surface area contributed by atoms with E-state index in [0.29, 0.717) is 0 Å². The fourth-order valence-electron chi connectivity index (χ4n) is 2.63. The van der Waals surface area contributed by atoms with Crippen LogP contribution >= 0.6 is 34.8 Å². The molecule has 23 heavy (non-hydrogen) atoms. The third-order valence-corrected chi connectivity index (χ3v) is 4.63. The van der Waals surface area contributed by atoms with Gasteiger partial charge in [-0.3, -0.25) is 4.79 Å². The van der Waals surface area contributed by atoms with Gasteiger partial charge in [-0.05, 0) is 35.6 Å². The van der Waals surface area contributed by atoms with Crippen LogP contribution in [0.2, 0.25) is 5.02 Å². The van der Waals surface area contributed by atoms with Gasteiger partial charge in [0.1, 0.15) is 4.49 Å². The Morgan fingerprint density at radius 1 is 1.30 bits per heavy atom. The SMILES string of the molecule is CC1(C)[C@H](C=C(Cl)Cl)[C@H]1C(=O)Nc1cc(C(F)(F)F)ccc1Cl. The fourth-order valence-corrected chi connectivity index (χ4v) is 3.07. The highest BCUT2D eigenvalue weighted by atomic mass is 35.5. The van der Waals surface area contributed by atoms with Crippen molar-refractivity contribution in [2.75, 3.05) is 5.32 Å². The lowest BCUT2D eigenvalue weighted by atomic mass is 10.1. The van der Waals surface area contributed by atoms with Crippen LogP contribution in [0.3, 0.4) is 0 Å². The van der Waals surface area contributed by atoms with Gasteiger partial charge in [0.2, 0.25) is 5.91 Å². The number of hydrogen-bond donors (Lipinski definition) is 1. The monoisotopic (exact) mass is 385 g/mol. The number of nitrogens with one attached hydrogen (secondary N) is 1. The van der Waals surface area contributed by atoms with Crippen LogP contribution in [-0.2, 0) is 11.0 Å². The van der Waals surface area contributed by atoms with Crippen LogP contribution in [0, 0.1) is 17.3 Å². The molecule has 1 aliphatic rings. The Balaban J connectivity index is 2.20. The van der Waals surface area contributed by atoms with Crippen molar-refractivity contribution in [3.05, 3.63) is 39.4 Å². The van der Waals surface area contributed by atoms with Crippen LogP contribution < -0.4 is 5.32 Å². The lowest BCUT2D eigenvalue weighted by molar-refractivity contribution is -0.137. The average Bonchev–Trinajstić information content (AvgIpc) is 2.91. The summed E-state index contributed by atoms with van der Waals surface area (Å²) in [4.78, 5) is 12.3. The first-order valence-corrected chi connectivity index (χ1v) is 7.78. The number of rotatable bonds is 3. The molecule has 0 unspecified atom stereocenters. The second-order valence-corrected chi connectivity index (χ2v) is 7.38. The van der Waals surface area contributed by atoms with Crippen molar-refractivity contribution in [1.29, 1.82) is 0 Å². The molecule has 1 aromatic carbocycles. The average molecular weight is 387 g/mol. The van der Waals surface area contributed by atoms with Gasteiger partial charge >= 0.3 is 6.18 Å². The zero-order chi connectivity index (χ0) is 17.6. The summed E-state index contributed by atoms with van der Waals surface area (Å²) in [6.07, 6.45) is -2.96. The van der Waals surface area contributed by atoms with Crippen molar-refractivity contribution >= 4 is 46.4 Å². The van der Waals surface area contributed by atoms with E-state index in [0.717, 1.165) is 18.2 Å². The summed E-state index contributed by atoms with van der Waals surface area (Å²) in [5, 5.41) is 2.49. The molecule has 1 fully saturated rings. The molecule has 0 aliphatic heterocycles. The minimum absolute atomic E-state index is 0.0345. The van der Waals surface area contributed by atoms with Gasteiger partial charge < -0.3 is 5.32 Å². The van der Waals surface area contributed by atoms with E-state index in [1.165, 1.54) is 0 Å². The lowest BCUT2D eigenvalue weighted by Crippen LogP contribution is -2.18. The van der Waals surface area contributed by atoms with Crippen LogP contribution in [0.5, 0.6) is 0 Å². The number of anilines is 1. The standard InChI is InChI=1S/C15H13Cl3F3NO/c1-14(2)8(6-11(17)18)12(14)13(23)22-10-5-7(15(19,20)21)3-4-9(10)16/h3-6,8,12H,1-2H3,(H,22,23)/t8-,12+/m1/s1. The first kappa shape index (κ1) is 18.4. The number of alkyl halides is 3. The smallest absolute Gasteiger partial charge is 0.324 e. The maximum Gasteiger partial charge on any atom is 0.416 e. The van der Waals surface area contributed by atoms with E-state index < -0.39 is 23.6 Å².